The van der Waals surface area contributed by atoms with Crippen molar-refractivity contribution < 1.29 is 14.2 Å². The van der Waals surface area contributed by atoms with Crippen LogP contribution in [0.25, 0.3) is 0 Å². The molecule has 1 saturated heterocycles. The predicted molar refractivity (Wildman–Crippen MR) is 58.3 cm³/mol. The van der Waals surface area contributed by atoms with Crippen LogP contribution in [0, 0.1) is 11.8 Å². The number of hydrogen-bond acceptors (Lipinski definition) is 3. The molecule has 1 fully saturated rings. The van der Waals surface area contributed by atoms with Crippen molar-refractivity contribution in [2.24, 2.45) is 0 Å². The maximum Gasteiger partial charge on any atom is 0.123 e. The van der Waals surface area contributed by atoms with E-state index in [0.717, 1.165) is 6.61 Å². The van der Waals surface area contributed by atoms with E-state index >= 15 is 0 Å². The summed E-state index contributed by atoms with van der Waals surface area (Å²) in [5.74, 6) is 5.89. The molecule has 0 amide bonds. The summed E-state index contributed by atoms with van der Waals surface area (Å²) in [7, 11) is 0. The molecule has 1 heterocycles. The van der Waals surface area contributed by atoms with E-state index < -0.39 is 5.60 Å². The molecule has 84 valence electrons. The Morgan fingerprint density at radius 3 is 2.87 bits per heavy atom. The van der Waals surface area contributed by atoms with Crippen LogP contribution >= 0.6 is 0 Å². The molecule has 1 unspecified atom stereocenters. The lowest BCUT2D eigenvalue weighted by atomic mass is 10.1. The van der Waals surface area contributed by atoms with Gasteiger partial charge in [0.05, 0.1) is 26.1 Å². The van der Waals surface area contributed by atoms with Crippen molar-refractivity contribution in [3.63, 3.8) is 0 Å². The first-order valence-corrected chi connectivity index (χ1v) is 5.19. The molecular formula is C12H18O3. The summed E-state index contributed by atoms with van der Waals surface area (Å²) < 4.78 is 15.7. The van der Waals surface area contributed by atoms with E-state index in [2.05, 4.69) is 11.8 Å². The van der Waals surface area contributed by atoms with E-state index in [1.54, 1.807) is 12.3 Å². The highest BCUT2D eigenvalue weighted by Crippen LogP contribution is 2.14. The lowest BCUT2D eigenvalue weighted by Crippen LogP contribution is -2.24. The Morgan fingerprint density at radius 2 is 2.27 bits per heavy atom. The van der Waals surface area contributed by atoms with E-state index in [4.69, 9.17) is 14.2 Å². The van der Waals surface area contributed by atoms with E-state index in [-0.39, 0.29) is 6.10 Å². The molecule has 0 aromatic rings. The van der Waals surface area contributed by atoms with Crippen molar-refractivity contribution in [1.82, 2.24) is 0 Å². The van der Waals surface area contributed by atoms with Gasteiger partial charge < -0.3 is 14.2 Å². The van der Waals surface area contributed by atoms with Crippen LogP contribution in [0.2, 0.25) is 0 Å². The molecule has 1 aliphatic rings. The summed E-state index contributed by atoms with van der Waals surface area (Å²) in [6.07, 6.45) is 3.56. The lowest BCUT2D eigenvalue weighted by Gasteiger charge is -2.17. The van der Waals surface area contributed by atoms with Gasteiger partial charge in [-0.1, -0.05) is 11.8 Å². The first kappa shape index (κ1) is 12.1. The SMILES string of the molecule is CCO/C=C/C#CC(C)(C)OCC1CO1. The average Bonchev–Trinajstić information content (AvgIpc) is 2.98. The largest absolute Gasteiger partial charge is 0.501 e. The number of epoxide rings is 1. The second-order valence-corrected chi connectivity index (χ2v) is 3.80. The van der Waals surface area contributed by atoms with Crippen molar-refractivity contribution in [2.75, 3.05) is 19.8 Å². The quantitative estimate of drug-likeness (QED) is 0.393. The number of hydrogen-bond donors (Lipinski definition) is 0. The van der Waals surface area contributed by atoms with Gasteiger partial charge in [0.25, 0.3) is 0 Å². The fourth-order valence-electron chi connectivity index (χ4n) is 0.895. The summed E-state index contributed by atoms with van der Waals surface area (Å²) in [5, 5.41) is 0. The molecule has 0 aromatic heterocycles. The van der Waals surface area contributed by atoms with Crippen molar-refractivity contribution >= 4 is 0 Å². The van der Waals surface area contributed by atoms with Crippen LogP contribution in [0.15, 0.2) is 12.3 Å². The molecule has 3 heteroatoms. The predicted octanol–water partition coefficient (Wildman–Crippen LogP) is 1.73. The van der Waals surface area contributed by atoms with E-state index in [0.29, 0.717) is 13.2 Å². The molecule has 1 rings (SSSR count). The first-order chi connectivity index (χ1) is 7.14. The van der Waals surface area contributed by atoms with E-state index in [1.165, 1.54) is 0 Å². The van der Waals surface area contributed by atoms with Gasteiger partial charge in [0.1, 0.15) is 11.7 Å². The van der Waals surface area contributed by atoms with Gasteiger partial charge in [-0.05, 0) is 20.8 Å². The fraction of sp³-hybridized carbons (Fsp3) is 0.667. The molecule has 0 aromatic carbocycles. The highest BCUT2D eigenvalue weighted by Gasteiger charge is 2.26. The second-order valence-electron chi connectivity index (χ2n) is 3.80. The zero-order valence-corrected chi connectivity index (χ0v) is 9.58. The van der Waals surface area contributed by atoms with Crippen molar-refractivity contribution in [2.45, 2.75) is 32.5 Å². The van der Waals surface area contributed by atoms with Crippen molar-refractivity contribution in [3.05, 3.63) is 12.3 Å². The standard InChI is InChI=1S/C12H18O3/c1-4-13-8-6-5-7-12(2,3)15-10-11-9-14-11/h6,8,11H,4,9-10H2,1-3H3/b8-6+. The van der Waals surface area contributed by atoms with Crippen LogP contribution in [0.4, 0.5) is 0 Å². The van der Waals surface area contributed by atoms with Crippen LogP contribution in [0.5, 0.6) is 0 Å². The van der Waals surface area contributed by atoms with Gasteiger partial charge in [0.2, 0.25) is 0 Å². The lowest BCUT2D eigenvalue weighted by molar-refractivity contribution is 0.0178. The zero-order valence-electron chi connectivity index (χ0n) is 9.58. The molecule has 0 N–H and O–H groups in total. The van der Waals surface area contributed by atoms with E-state index in [1.807, 2.05) is 20.8 Å². The summed E-state index contributed by atoms with van der Waals surface area (Å²) in [5.41, 5.74) is -0.428. The van der Waals surface area contributed by atoms with Gasteiger partial charge in [-0.15, -0.1) is 0 Å². The van der Waals surface area contributed by atoms with Crippen molar-refractivity contribution in [3.8, 4) is 11.8 Å². The van der Waals surface area contributed by atoms with Crippen LogP contribution in [0.1, 0.15) is 20.8 Å². The van der Waals surface area contributed by atoms with E-state index in [9.17, 15) is 0 Å². The zero-order chi connectivity index (χ0) is 11.1. The maximum atomic E-state index is 5.59. The van der Waals surface area contributed by atoms with Crippen molar-refractivity contribution in [1.29, 1.82) is 0 Å². The van der Waals surface area contributed by atoms with Gasteiger partial charge in [0, 0.05) is 6.08 Å². The molecular weight excluding hydrogens is 192 g/mol. The molecule has 1 aliphatic heterocycles. The molecule has 0 spiro atoms. The summed E-state index contributed by atoms with van der Waals surface area (Å²) in [6, 6.07) is 0. The third kappa shape index (κ3) is 6.16. The Bertz CT molecular complexity index is 266. The van der Waals surface area contributed by atoms with Crippen LogP contribution in [-0.4, -0.2) is 31.5 Å². The highest BCUT2D eigenvalue weighted by atomic mass is 16.6. The van der Waals surface area contributed by atoms with Crippen LogP contribution in [0.3, 0.4) is 0 Å². The summed E-state index contributed by atoms with van der Waals surface area (Å²) >= 11 is 0. The Balaban J connectivity index is 2.25. The third-order valence-corrected chi connectivity index (χ3v) is 1.82. The smallest absolute Gasteiger partial charge is 0.123 e. The topological polar surface area (TPSA) is 31.0 Å². The molecule has 3 nitrogen and oxygen atoms in total. The average molecular weight is 210 g/mol. The monoisotopic (exact) mass is 210 g/mol. The van der Waals surface area contributed by atoms with Gasteiger partial charge in [-0.2, -0.15) is 0 Å². The minimum Gasteiger partial charge on any atom is -0.501 e. The highest BCUT2D eigenvalue weighted by molar-refractivity contribution is 5.20. The Labute approximate surface area is 91.4 Å². The molecule has 0 saturated carbocycles. The third-order valence-electron chi connectivity index (χ3n) is 1.82. The number of allylic oxidation sites excluding steroid dienone is 1. The van der Waals surface area contributed by atoms with Gasteiger partial charge in [-0.3, -0.25) is 0 Å². The minimum atomic E-state index is -0.428. The Kier molecular flexibility index (Phi) is 4.67. The molecule has 1 atom stereocenters. The second kappa shape index (κ2) is 5.79. The Morgan fingerprint density at radius 1 is 1.53 bits per heavy atom. The van der Waals surface area contributed by atoms with Gasteiger partial charge in [-0.25, -0.2) is 0 Å². The van der Waals surface area contributed by atoms with Gasteiger partial charge >= 0.3 is 0 Å². The molecule has 0 bridgehead atoms. The Hall–Kier alpha value is -0.980. The number of rotatable bonds is 5. The summed E-state index contributed by atoms with van der Waals surface area (Å²) in [6.45, 7) is 7.91. The molecule has 0 aliphatic carbocycles. The van der Waals surface area contributed by atoms with Crippen LogP contribution < -0.4 is 0 Å². The number of ether oxygens (including phenoxy) is 3. The normalized spacial score (nSPS) is 19.8. The molecule has 15 heavy (non-hydrogen) atoms. The fourth-order valence-corrected chi connectivity index (χ4v) is 0.895. The maximum absolute atomic E-state index is 5.59. The first-order valence-electron chi connectivity index (χ1n) is 5.19. The van der Waals surface area contributed by atoms with Crippen LogP contribution in [-0.2, 0) is 14.2 Å². The van der Waals surface area contributed by atoms with Gasteiger partial charge in [0.15, 0.2) is 0 Å². The summed E-state index contributed by atoms with van der Waals surface area (Å²) in [4.78, 5) is 0. The molecule has 0 radical (unpaired) electrons. The minimum absolute atomic E-state index is 0.282.